The summed E-state index contributed by atoms with van der Waals surface area (Å²) in [6.07, 6.45) is 4.32. The maximum absolute atomic E-state index is 10.4. The van der Waals surface area contributed by atoms with Crippen molar-refractivity contribution in [3.8, 4) is 0 Å². The Labute approximate surface area is 62.1 Å². The van der Waals surface area contributed by atoms with Crippen molar-refractivity contribution in [1.29, 1.82) is 0 Å². The van der Waals surface area contributed by atoms with Crippen LogP contribution in [0.2, 0.25) is 0 Å². The molecule has 0 aromatic heterocycles. The molecule has 0 aromatic carbocycles. The molecule has 1 nitrogen and oxygen atoms in total. The van der Waals surface area contributed by atoms with E-state index in [4.69, 9.17) is 0 Å². The standard InChI is InChI=1S/C9H14O/c1-7-3-4-9(6-10)8(2)5-7/h6-7H,3-5H2,1-2H3. The summed E-state index contributed by atoms with van der Waals surface area (Å²) in [5.74, 6) is 0.781. The third kappa shape index (κ3) is 1.47. The number of rotatable bonds is 1. The Kier molecular flexibility index (Phi) is 2.25. The van der Waals surface area contributed by atoms with Crippen molar-refractivity contribution in [2.45, 2.75) is 33.1 Å². The normalized spacial score (nSPS) is 26.8. The minimum atomic E-state index is 0.781. The quantitative estimate of drug-likeness (QED) is 0.508. The molecule has 0 spiro atoms. The third-order valence-corrected chi connectivity index (χ3v) is 2.25. The molecule has 0 heterocycles. The van der Waals surface area contributed by atoms with Crippen molar-refractivity contribution in [1.82, 2.24) is 0 Å². The molecule has 0 saturated carbocycles. The van der Waals surface area contributed by atoms with Crippen LogP contribution in [0.15, 0.2) is 11.1 Å². The van der Waals surface area contributed by atoms with Crippen LogP contribution in [-0.2, 0) is 4.79 Å². The van der Waals surface area contributed by atoms with Gasteiger partial charge in [-0.1, -0.05) is 12.5 Å². The van der Waals surface area contributed by atoms with Crippen LogP contribution >= 0.6 is 0 Å². The highest BCUT2D eigenvalue weighted by molar-refractivity contribution is 5.74. The number of allylic oxidation sites excluding steroid dienone is 2. The maximum Gasteiger partial charge on any atom is 0.145 e. The molecule has 0 saturated heterocycles. The number of carbonyl (C=O) groups is 1. The second kappa shape index (κ2) is 3.00. The fourth-order valence-corrected chi connectivity index (χ4v) is 1.53. The van der Waals surface area contributed by atoms with E-state index in [1.165, 1.54) is 12.0 Å². The smallest absolute Gasteiger partial charge is 0.145 e. The van der Waals surface area contributed by atoms with E-state index in [9.17, 15) is 4.79 Å². The molecular formula is C9H14O. The highest BCUT2D eigenvalue weighted by atomic mass is 16.1. The van der Waals surface area contributed by atoms with Gasteiger partial charge in [0.15, 0.2) is 0 Å². The fraction of sp³-hybridized carbons (Fsp3) is 0.667. The Morgan fingerprint density at radius 1 is 1.60 bits per heavy atom. The molecule has 1 rings (SSSR count). The average Bonchev–Trinajstić information content (AvgIpc) is 1.88. The van der Waals surface area contributed by atoms with Crippen molar-refractivity contribution in [2.24, 2.45) is 5.92 Å². The molecular weight excluding hydrogens is 124 g/mol. The van der Waals surface area contributed by atoms with Gasteiger partial charge in [0, 0.05) is 0 Å². The monoisotopic (exact) mass is 138 g/mol. The zero-order valence-electron chi connectivity index (χ0n) is 6.68. The minimum absolute atomic E-state index is 0.781. The van der Waals surface area contributed by atoms with Gasteiger partial charge in [-0.05, 0) is 37.7 Å². The number of hydrogen-bond donors (Lipinski definition) is 0. The van der Waals surface area contributed by atoms with E-state index in [1.54, 1.807) is 0 Å². The van der Waals surface area contributed by atoms with Crippen molar-refractivity contribution < 1.29 is 4.79 Å². The Hall–Kier alpha value is -0.590. The van der Waals surface area contributed by atoms with Gasteiger partial charge in [-0.25, -0.2) is 0 Å². The lowest BCUT2D eigenvalue weighted by atomic mass is 9.86. The molecule has 10 heavy (non-hydrogen) atoms. The van der Waals surface area contributed by atoms with E-state index in [0.717, 1.165) is 30.6 Å². The van der Waals surface area contributed by atoms with Gasteiger partial charge in [-0.3, -0.25) is 4.79 Å². The first-order valence-corrected chi connectivity index (χ1v) is 3.88. The molecule has 0 fully saturated rings. The summed E-state index contributed by atoms with van der Waals surface area (Å²) in [6.45, 7) is 4.31. The Balaban J connectivity index is 2.70. The lowest BCUT2D eigenvalue weighted by Gasteiger charge is -2.19. The Morgan fingerprint density at radius 2 is 2.30 bits per heavy atom. The second-order valence-corrected chi connectivity index (χ2v) is 3.27. The summed E-state index contributed by atoms with van der Waals surface area (Å²) < 4.78 is 0. The zero-order chi connectivity index (χ0) is 7.56. The summed E-state index contributed by atoms with van der Waals surface area (Å²) in [6, 6.07) is 0. The summed E-state index contributed by atoms with van der Waals surface area (Å²) in [5.41, 5.74) is 2.34. The van der Waals surface area contributed by atoms with E-state index in [-0.39, 0.29) is 0 Å². The molecule has 1 aliphatic carbocycles. The molecule has 1 atom stereocenters. The minimum Gasteiger partial charge on any atom is -0.298 e. The van der Waals surface area contributed by atoms with Crippen LogP contribution in [-0.4, -0.2) is 6.29 Å². The van der Waals surface area contributed by atoms with Gasteiger partial charge in [0.2, 0.25) is 0 Å². The molecule has 1 heteroatoms. The van der Waals surface area contributed by atoms with Gasteiger partial charge in [-0.15, -0.1) is 0 Å². The van der Waals surface area contributed by atoms with Crippen LogP contribution in [0.1, 0.15) is 33.1 Å². The van der Waals surface area contributed by atoms with Crippen LogP contribution in [0, 0.1) is 5.92 Å². The summed E-state index contributed by atoms with van der Waals surface area (Å²) in [5, 5.41) is 0. The third-order valence-electron chi connectivity index (χ3n) is 2.25. The van der Waals surface area contributed by atoms with E-state index in [2.05, 4.69) is 13.8 Å². The molecule has 0 amide bonds. The molecule has 0 aromatic rings. The van der Waals surface area contributed by atoms with Gasteiger partial charge < -0.3 is 0 Å². The van der Waals surface area contributed by atoms with E-state index in [0.29, 0.717) is 0 Å². The number of aldehydes is 1. The molecule has 0 radical (unpaired) electrons. The highest BCUT2D eigenvalue weighted by Gasteiger charge is 2.13. The summed E-state index contributed by atoms with van der Waals surface area (Å²) >= 11 is 0. The predicted molar refractivity (Wildman–Crippen MR) is 41.8 cm³/mol. The molecule has 0 aliphatic heterocycles. The first-order chi connectivity index (χ1) is 4.74. The van der Waals surface area contributed by atoms with Crippen molar-refractivity contribution in [2.75, 3.05) is 0 Å². The Bertz CT molecular complexity index is 168. The molecule has 1 unspecified atom stereocenters. The Morgan fingerprint density at radius 3 is 2.80 bits per heavy atom. The lowest BCUT2D eigenvalue weighted by molar-refractivity contribution is -0.105. The van der Waals surface area contributed by atoms with Crippen LogP contribution in [0.4, 0.5) is 0 Å². The summed E-state index contributed by atoms with van der Waals surface area (Å²) in [4.78, 5) is 10.4. The van der Waals surface area contributed by atoms with Gasteiger partial charge in [-0.2, -0.15) is 0 Å². The molecule has 0 bridgehead atoms. The summed E-state index contributed by atoms with van der Waals surface area (Å²) in [7, 11) is 0. The average molecular weight is 138 g/mol. The van der Waals surface area contributed by atoms with Crippen LogP contribution in [0.25, 0.3) is 0 Å². The first kappa shape index (κ1) is 7.52. The zero-order valence-corrected chi connectivity index (χ0v) is 6.68. The van der Waals surface area contributed by atoms with Gasteiger partial charge in [0.25, 0.3) is 0 Å². The SMILES string of the molecule is CC1=C(C=O)CCC(C)C1. The molecule has 56 valence electrons. The van der Waals surface area contributed by atoms with Crippen molar-refractivity contribution >= 4 is 6.29 Å². The van der Waals surface area contributed by atoms with E-state index >= 15 is 0 Å². The van der Waals surface area contributed by atoms with E-state index in [1.807, 2.05) is 0 Å². The van der Waals surface area contributed by atoms with Crippen molar-refractivity contribution in [3.05, 3.63) is 11.1 Å². The maximum atomic E-state index is 10.4. The van der Waals surface area contributed by atoms with E-state index < -0.39 is 0 Å². The van der Waals surface area contributed by atoms with Gasteiger partial charge >= 0.3 is 0 Å². The number of carbonyl (C=O) groups excluding carboxylic acids is 1. The topological polar surface area (TPSA) is 17.1 Å². The molecule has 0 N–H and O–H groups in total. The van der Waals surface area contributed by atoms with Crippen molar-refractivity contribution in [3.63, 3.8) is 0 Å². The fourth-order valence-electron chi connectivity index (χ4n) is 1.53. The molecule has 1 aliphatic rings. The lowest BCUT2D eigenvalue weighted by Crippen LogP contribution is -2.06. The van der Waals surface area contributed by atoms with Gasteiger partial charge in [0.1, 0.15) is 6.29 Å². The second-order valence-electron chi connectivity index (χ2n) is 3.27. The predicted octanol–water partition coefficient (Wildman–Crippen LogP) is 2.32. The first-order valence-electron chi connectivity index (χ1n) is 3.88. The van der Waals surface area contributed by atoms with Crippen LogP contribution in [0.3, 0.4) is 0 Å². The van der Waals surface area contributed by atoms with Crippen LogP contribution < -0.4 is 0 Å². The largest absolute Gasteiger partial charge is 0.298 e. The highest BCUT2D eigenvalue weighted by Crippen LogP contribution is 2.27. The van der Waals surface area contributed by atoms with Crippen LogP contribution in [0.5, 0.6) is 0 Å². The van der Waals surface area contributed by atoms with Gasteiger partial charge in [0.05, 0.1) is 0 Å². The number of hydrogen-bond acceptors (Lipinski definition) is 1.